The third kappa shape index (κ3) is 3.70. The molecule has 0 radical (unpaired) electrons. The van der Waals surface area contributed by atoms with E-state index >= 15 is 0 Å². The molecule has 0 aliphatic carbocycles. The minimum Gasteiger partial charge on any atom is -0.306 e. The summed E-state index contributed by atoms with van der Waals surface area (Å²) in [5.41, 5.74) is 4.19. The normalized spacial score (nSPS) is 18.7. The second-order valence-corrected chi connectivity index (χ2v) is 7.06. The number of aryl methyl sites for hydroxylation is 1. The molecule has 1 aromatic heterocycles. The molecule has 1 saturated heterocycles. The highest BCUT2D eigenvalue weighted by molar-refractivity contribution is 5.74. The number of aromatic nitrogens is 2. The number of fused-ring (bicyclic) bond motifs is 1. The van der Waals surface area contributed by atoms with E-state index in [9.17, 15) is 0 Å². The zero-order valence-corrected chi connectivity index (χ0v) is 14.8. The highest BCUT2D eigenvalue weighted by Gasteiger charge is 2.25. The first-order valence-electron chi connectivity index (χ1n) is 8.65. The Labute approximate surface area is 139 Å². The van der Waals surface area contributed by atoms with Crippen LogP contribution in [0.3, 0.4) is 0 Å². The van der Waals surface area contributed by atoms with Crippen molar-refractivity contribution in [3.63, 3.8) is 0 Å². The first kappa shape index (κ1) is 16.3. The molecule has 2 heterocycles. The maximum absolute atomic E-state index is 4.84. The van der Waals surface area contributed by atoms with Gasteiger partial charge in [0.05, 0.1) is 22.4 Å². The minimum absolute atomic E-state index is 0.666. The van der Waals surface area contributed by atoms with Gasteiger partial charge >= 0.3 is 0 Å². The first-order chi connectivity index (χ1) is 11.0. The van der Waals surface area contributed by atoms with Crippen molar-refractivity contribution in [1.82, 2.24) is 19.8 Å². The molecular formula is C19H28N4. The van der Waals surface area contributed by atoms with Crippen molar-refractivity contribution in [3.05, 3.63) is 35.7 Å². The molecule has 1 aromatic carbocycles. The Morgan fingerprint density at radius 2 is 1.74 bits per heavy atom. The SMILES string of the molecule is Cc1nc2ccccc2nc1CN1CCC([C@@H](C)N(C)C)CC1. The monoisotopic (exact) mass is 312 g/mol. The molecule has 0 unspecified atom stereocenters. The molecule has 1 aliphatic rings. The summed E-state index contributed by atoms with van der Waals surface area (Å²) in [4.78, 5) is 14.4. The third-order valence-corrected chi connectivity index (χ3v) is 5.35. The van der Waals surface area contributed by atoms with Gasteiger partial charge in [-0.1, -0.05) is 12.1 Å². The standard InChI is InChI=1S/C19H28N4/c1-14-19(21-18-8-6-5-7-17(18)20-14)13-23-11-9-16(10-12-23)15(2)22(3)4/h5-8,15-16H,9-13H2,1-4H3/t15-/m1/s1. The van der Waals surface area contributed by atoms with Crippen molar-refractivity contribution in [2.75, 3.05) is 27.2 Å². The summed E-state index contributed by atoms with van der Waals surface area (Å²) in [6.07, 6.45) is 2.55. The van der Waals surface area contributed by atoms with Crippen LogP contribution in [0.2, 0.25) is 0 Å². The van der Waals surface area contributed by atoms with Crippen molar-refractivity contribution in [2.24, 2.45) is 5.92 Å². The van der Waals surface area contributed by atoms with Gasteiger partial charge in [0, 0.05) is 12.6 Å². The highest BCUT2D eigenvalue weighted by Crippen LogP contribution is 2.24. The number of nitrogens with zero attached hydrogens (tertiary/aromatic N) is 4. The number of para-hydroxylation sites is 2. The molecule has 0 amide bonds. The van der Waals surface area contributed by atoms with Crippen LogP contribution in [0.5, 0.6) is 0 Å². The van der Waals surface area contributed by atoms with Gasteiger partial charge in [0.1, 0.15) is 0 Å². The van der Waals surface area contributed by atoms with Gasteiger partial charge in [-0.15, -0.1) is 0 Å². The summed E-state index contributed by atoms with van der Waals surface area (Å²) in [5, 5.41) is 0. The van der Waals surface area contributed by atoms with Gasteiger partial charge in [-0.3, -0.25) is 4.90 Å². The number of benzene rings is 1. The topological polar surface area (TPSA) is 32.3 Å². The van der Waals surface area contributed by atoms with Crippen molar-refractivity contribution >= 4 is 11.0 Å². The van der Waals surface area contributed by atoms with E-state index in [4.69, 9.17) is 9.97 Å². The summed E-state index contributed by atoms with van der Waals surface area (Å²) in [6, 6.07) is 8.81. The smallest absolute Gasteiger partial charge is 0.0890 e. The molecule has 0 N–H and O–H groups in total. The van der Waals surface area contributed by atoms with Gasteiger partial charge in [0.2, 0.25) is 0 Å². The van der Waals surface area contributed by atoms with Gasteiger partial charge in [-0.25, -0.2) is 9.97 Å². The molecule has 1 atom stereocenters. The molecule has 0 saturated carbocycles. The van der Waals surface area contributed by atoms with E-state index in [0.29, 0.717) is 6.04 Å². The fourth-order valence-electron chi connectivity index (χ4n) is 3.50. The van der Waals surface area contributed by atoms with E-state index in [0.717, 1.165) is 48.0 Å². The Bertz CT molecular complexity index is 659. The van der Waals surface area contributed by atoms with E-state index in [1.807, 2.05) is 18.2 Å². The van der Waals surface area contributed by atoms with Crippen LogP contribution in [0.15, 0.2) is 24.3 Å². The zero-order valence-electron chi connectivity index (χ0n) is 14.8. The van der Waals surface area contributed by atoms with E-state index in [1.165, 1.54) is 12.8 Å². The van der Waals surface area contributed by atoms with Crippen LogP contribution in [0, 0.1) is 12.8 Å². The van der Waals surface area contributed by atoms with Gasteiger partial charge in [0.25, 0.3) is 0 Å². The Kier molecular flexibility index (Phi) is 4.93. The van der Waals surface area contributed by atoms with Crippen molar-refractivity contribution < 1.29 is 0 Å². The molecule has 4 heteroatoms. The summed E-state index contributed by atoms with van der Waals surface area (Å²) >= 11 is 0. The molecule has 0 bridgehead atoms. The lowest BCUT2D eigenvalue weighted by Gasteiger charge is -2.37. The van der Waals surface area contributed by atoms with Crippen LogP contribution in [0.25, 0.3) is 11.0 Å². The van der Waals surface area contributed by atoms with Crippen molar-refractivity contribution in [3.8, 4) is 0 Å². The van der Waals surface area contributed by atoms with Crippen LogP contribution in [0.4, 0.5) is 0 Å². The number of hydrogen-bond acceptors (Lipinski definition) is 4. The summed E-state index contributed by atoms with van der Waals surface area (Å²) in [6.45, 7) is 7.68. The summed E-state index contributed by atoms with van der Waals surface area (Å²) < 4.78 is 0. The molecule has 1 fully saturated rings. The number of piperidine rings is 1. The molecule has 0 spiro atoms. The molecule has 3 rings (SSSR count). The average molecular weight is 312 g/mol. The Morgan fingerprint density at radius 3 is 2.35 bits per heavy atom. The Hall–Kier alpha value is -1.52. The molecule has 2 aromatic rings. The maximum atomic E-state index is 4.84. The fourth-order valence-corrected chi connectivity index (χ4v) is 3.50. The predicted octanol–water partition coefficient (Wildman–Crippen LogP) is 3.10. The van der Waals surface area contributed by atoms with E-state index in [2.05, 4.69) is 43.8 Å². The molecule has 124 valence electrons. The van der Waals surface area contributed by atoms with E-state index < -0.39 is 0 Å². The van der Waals surface area contributed by atoms with Crippen LogP contribution < -0.4 is 0 Å². The lowest BCUT2D eigenvalue weighted by molar-refractivity contribution is 0.120. The lowest BCUT2D eigenvalue weighted by atomic mass is 9.89. The molecule has 4 nitrogen and oxygen atoms in total. The minimum atomic E-state index is 0.666. The van der Waals surface area contributed by atoms with Crippen molar-refractivity contribution in [1.29, 1.82) is 0 Å². The largest absolute Gasteiger partial charge is 0.306 e. The second-order valence-electron chi connectivity index (χ2n) is 7.06. The quantitative estimate of drug-likeness (QED) is 0.868. The van der Waals surface area contributed by atoms with Crippen LogP contribution in [0.1, 0.15) is 31.2 Å². The first-order valence-corrected chi connectivity index (χ1v) is 8.65. The average Bonchev–Trinajstić information content (AvgIpc) is 2.55. The third-order valence-electron chi connectivity index (χ3n) is 5.35. The van der Waals surface area contributed by atoms with Crippen LogP contribution in [-0.2, 0) is 6.54 Å². The van der Waals surface area contributed by atoms with Crippen molar-refractivity contribution in [2.45, 2.75) is 39.3 Å². The predicted molar refractivity (Wildman–Crippen MR) is 95.4 cm³/mol. The molecule has 1 aliphatic heterocycles. The second kappa shape index (κ2) is 6.93. The number of hydrogen-bond donors (Lipinski definition) is 0. The van der Waals surface area contributed by atoms with Crippen LogP contribution in [-0.4, -0.2) is 53.0 Å². The highest BCUT2D eigenvalue weighted by atomic mass is 15.2. The maximum Gasteiger partial charge on any atom is 0.0890 e. The van der Waals surface area contributed by atoms with E-state index in [-0.39, 0.29) is 0 Å². The molecular weight excluding hydrogens is 284 g/mol. The number of rotatable bonds is 4. The van der Waals surface area contributed by atoms with E-state index in [1.54, 1.807) is 0 Å². The number of likely N-dealkylation sites (tertiary alicyclic amines) is 1. The summed E-state index contributed by atoms with van der Waals surface area (Å²) in [5.74, 6) is 0.810. The zero-order chi connectivity index (χ0) is 16.4. The Balaban J connectivity index is 1.66. The van der Waals surface area contributed by atoms with Crippen LogP contribution >= 0.6 is 0 Å². The molecule has 23 heavy (non-hydrogen) atoms. The lowest BCUT2D eigenvalue weighted by Crippen LogP contribution is -2.41. The summed E-state index contributed by atoms with van der Waals surface area (Å²) in [7, 11) is 4.37. The van der Waals surface area contributed by atoms with Gasteiger partial charge in [0.15, 0.2) is 0 Å². The Morgan fingerprint density at radius 1 is 1.13 bits per heavy atom. The van der Waals surface area contributed by atoms with Gasteiger partial charge < -0.3 is 4.90 Å². The van der Waals surface area contributed by atoms with Gasteiger partial charge in [-0.2, -0.15) is 0 Å². The fraction of sp³-hybridized carbons (Fsp3) is 0.579. The van der Waals surface area contributed by atoms with Gasteiger partial charge in [-0.05, 0) is 71.9 Å².